The molecule has 0 aliphatic carbocycles. The fourth-order valence-electron chi connectivity index (χ4n) is 1.87. The number of benzene rings is 1. The molecule has 0 saturated carbocycles. The maximum Gasteiger partial charge on any atom is 0.417 e. The quantitative estimate of drug-likeness (QED) is 0.832. The highest BCUT2D eigenvalue weighted by Gasteiger charge is 2.32. The second-order valence-electron chi connectivity index (χ2n) is 4.74. The van der Waals surface area contributed by atoms with Gasteiger partial charge in [0.15, 0.2) is 0 Å². The van der Waals surface area contributed by atoms with Crippen molar-refractivity contribution in [3.8, 4) is 11.8 Å². The van der Waals surface area contributed by atoms with Crippen molar-refractivity contribution in [1.29, 1.82) is 0 Å². The molecule has 1 aromatic carbocycles. The number of nitrogens with one attached hydrogen (secondary N) is 1. The van der Waals surface area contributed by atoms with Crippen molar-refractivity contribution in [2.24, 2.45) is 0 Å². The highest BCUT2D eigenvalue weighted by molar-refractivity contribution is 7.91. The van der Waals surface area contributed by atoms with E-state index < -0.39 is 21.8 Å². The molecule has 0 bridgehead atoms. The largest absolute Gasteiger partial charge is 0.417 e. The summed E-state index contributed by atoms with van der Waals surface area (Å²) in [5.74, 6) is 4.79. The Kier molecular flexibility index (Phi) is 5.70. The van der Waals surface area contributed by atoms with Gasteiger partial charge < -0.3 is 0 Å². The Morgan fingerprint density at radius 3 is 2.50 bits per heavy atom. The molecule has 2 rings (SSSR count). The van der Waals surface area contributed by atoms with Crippen LogP contribution < -0.4 is 4.72 Å². The molecule has 0 saturated heterocycles. The molecule has 0 atom stereocenters. The van der Waals surface area contributed by atoms with Crippen LogP contribution in [-0.4, -0.2) is 15.0 Å². The van der Waals surface area contributed by atoms with Gasteiger partial charge in [-0.1, -0.05) is 30.9 Å². The lowest BCUT2D eigenvalue weighted by Crippen LogP contribution is -2.23. The fraction of sp³-hybridized carbons (Fsp3) is 0.250. The molecule has 1 heterocycles. The molecule has 0 aliphatic heterocycles. The summed E-state index contributed by atoms with van der Waals surface area (Å²) >= 11 is 1.15. The Morgan fingerprint density at radius 2 is 1.88 bits per heavy atom. The van der Waals surface area contributed by atoms with Crippen LogP contribution in [0.5, 0.6) is 0 Å². The number of rotatable bonds is 4. The summed E-state index contributed by atoms with van der Waals surface area (Å²) in [5, 5.41) is 0. The molecule has 0 unspecified atom stereocenters. The average molecular weight is 373 g/mol. The van der Waals surface area contributed by atoms with Crippen molar-refractivity contribution in [2.75, 3.05) is 6.54 Å². The van der Waals surface area contributed by atoms with Crippen molar-refractivity contribution in [3.05, 3.63) is 52.4 Å². The number of halogens is 3. The predicted molar refractivity (Wildman–Crippen MR) is 87.2 cm³/mol. The van der Waals surface area contributed by atoms with Gasteiger partial charge >= 0.3 is 6.18 Å². The zero-order valence-corrected chi connectivity index (χ0v) is 14.3. The van der Waals surface area contributed by atoms with Gasteiger partial charge in [0, 0.05) is 10.4 Å². The Morgan fingerprint density at radius 1 is 1.17 bits per heavy atom. The SMILES string of the molecule is CCc1ccc(S(=O)(=O)NCC#Cc2ccccc2C(F)(F)F)s1. The number of sulfonamides is 1. The minimum absolute atomic E-state index is 0.164. The van der Waals surface area contributed by atoms with E-state index in [1.807, 2.05) is 6.92 Å². The summed E-state index contributed by atoms with van der Waals surface area (Å²) in [6.07, 6.45) is -3.77. The van der Waals surface area contributed by atoms with Crippen LogP contribution in [-0.2, 0) is 22.6 Å². The lowest BCUT2D eigenvalue weighted by Gasteiger charge is -2.08. The number of aryl methyl sites for hydroxylation is 1. The fourth-order valence-corrected chi connectivity index (χ4v) is 4.14. The Labute approximate surface area is 142 Å². The summed E-state index contributed by atoms with van der Waals surface area (Å²) in [5.41, 5.74) is -1.03. The molecule has 3 nitrogen and oxygen atoms in total. The lowest BCUT2D eigenvalue weighted by atomic mass is 10.1. The van der Waals surface area contributed by atoms with Gasteiger partial charge in [-0.05, 0) is 30.7 Å². The van der Waals surface area contributed by atoms with Crippen LogP contribution >= 0.6 is 11.3 Å². The summed E-state index contributed by atoms with van der Waals surface area (Å²) < 4.78 is 65.0. The van der Waals surface area contributed by atoms with E-state index in [1.54, 1.807) is 6.07 Å². The molecular formula is C16H14F3NO2S2. The van der Waals surface area contributed by atoms with E-state index in [9.17, 15) is 21.6 Å². The molecular weight excluding hydrogens is 359 g/mol. The summed E-state index contributed by atoms with van der Waals surface area (Å²) in [4.78, 5) is 0.931. The summed E-state index contributed by atoms with van der Waals surface area (Å²) in [6.45, 7) is 1.65. The highest BCUT2D eigenvalue weighted by Crippen LogP contribution is 2.31. The lowest BCUT2D eigenvalue weighted by molar-refractivity contribution is -0.137. The van der Waals surface area contributed by atoms with Crippen LogP contribution in [0.1, 0.15) is 22.9 Å². The third-order valence-electron chi connectivity index (χ3n) is 3.06. The monoisotopic (exact) mass is 373 g/mol. The van der Waals surface area contributed by atoms with Gasteiger partial charge in [0.25, 0.3) is 10.0 Å². The topological polar surface area (TPSA) is 46.2 Å². The molecule has 0 amide bonds. The Balaban J connectivity index is 2.09. The van der Waals surface area contributed by atoms with E-state index >= 15 is 0 Å². The molecule has 0 aliphatic rings. The van der Waals surface area contributed by atoms with E-state index in [0.29, 0.717) is 0 Å². The summed E-state index contributed by atoms with van der Waals surface area (Å²) in [6, 6.07) is 8.13. The Bertz CT molecular complexity index is 874. The van der Waals surface area contributed by atoms with Crippen LogP contribution in [0.3, 0.4) is 0 Å². The zero-order chi connectivity index (χ0) is 17.8. The maximum atomic E-state index is 12.8. The van der Waals surface area contributed by atoms with Gasteiger partial charge in [0.1, 0.15) is 4.21 Å². The standard InChI is InChI=1S/C16H14F3NO2S2/c1-2-13-9-10-15(23-13)24(21,22)20-11-5-7-12-6-3-4-8-14(12)16(17,18)19/h3-4,6,8-10,20H,2,11H2,1H3. The molecule has 0 spiro atoms. The molecule has 8 heteroatoms. The van der Waals surface area contributed by atoms with Crippen molar-refractivity contribution < 1.29 is 21.6 Å². The maximum absolute atomic E-state index is 12.8. The number of alkyl halides is 3. The van der Waals surface area contributed by atoms with Crippen LogP contribution in [0.2, 0.25) is 0 Å². The van der Waals surface area contributed by atoms with Crippen molar-refractivity contribution in [1.82, 2.24) is 4.72 Å². The molecule has 24 heavy (non-hydrogen) atoms. The number of hydrogen-bond acceptors (Lipinski definition) is 3. The normalized spacial score (nSPS) is 11.8. The van der Waals surface area contributed by atoms with E-state index in [-0.39, 0.29) is 16.3 Å². The first-order chi connectivity index (χ1) is 11.2. The van der Waals surface area contributed by atoms with Gasteiger partial charge in [-0.25, -0.2) is 8.42 Å². The number of thiophene rings is 1. The van der Waals surface area contributed by atoms with Crippen molar-refractivity contribution >= 4 is 21.4 Å². The van der Waals surface area contributed by atoms with E-state index in [2.05, 4.69) is 16.6 Å². The van der Waals surface area contributed by atoms with Crippen LogP contribution in [0.4, 0.5) is 13.2 Å². The van der Waals surface area contributed by atoms with Crippen molar-refractivity contribution in [2.45, 2.75) is 23.7 Å². The molecule has 1 aromatic heterocycles. The van der Waals surface area contributed by atoms with Gasteiger partial charge in [-0.15, -0.1) is 11.3 Å². The van der Waals surface area contributed by atoms with Gasteiger partial charge in [0.2, 0.25) is 0 Å². The molecule has 128 valence electrons. The van der Waals surface area contributed by atoms with Gasteiger partial charge in [-0.2, -0.15) is 17.9 Å². The molecule has 2 aromatic rings. The van der Waals surface area contributed by atoms with E-state index in [1.165, 1.54) is 24.3 Å². The van der Waals surface area contributed by atoms with Crippen LogP contribution in [0.15, 0.2) is 40.6 Å². The first-order valence-electron chi connectivity index (χ1n) is 6.97. The highest BCUT2D eigenvalue weighted by atomic mass is 32.2. The van der Waals surface area contributed by atoms with E-state index in [4.69, 9.17) is 0 Å². The predicted octanol–water partition coefficient (Wildman–Crippen LogP) is 3.66. The van der Waals surface area contributed by atoms with Crippen molar-refractivity contribution in [3.63, 3.8) is 0 Å². The molecule has 0 fully saturated rings. The minimum Gasteiger partial charge on any atom is -0.206 e. The second kappa shape index (κ2) is 7.38. The third kappa shape index (κ3) is 4.60. The number of hydrogen-bond donors (Lipinski definition) is 1. The van der Waals surface area contributed by atoms with Gasteiger partial charge in [0.05, 0.1) is 12.1 Å². The third-order valence-corrected chi connectivity index (χ3v) is 6.18. The Hall–Kier alpha value is -1.82. The second-order valence-corrected chi connectivity index (χ2v) is 7.91. The minimum atomic E-state index is -4.50. The van der Waals surface area contributed by atoms with Crippen LogP contribution in [0, 0.1) is 11.8 Å². The van der Waals surface area contributed by atoms with Gasteiger partial charge in [-0.3, -0.25) is 0 Å². The summed E-state index contributed by atoms with van der Waals surface area (Å²) in [7, 11) is -3.70. The van der Waals surface area contributed by atoms with E-state index in [0.717, 1.165) is 28.7 Å². The first kappa shape index (κ1) is 18.5. The van der Waals surface area contributed by atoms with Crippen LogP contribution in [0.25, 0.3) is 0 Å². The molecule has 1 N–H and O–H groups in total. The zero-order valence-electron chi connectivity index (χ0n) is 12.6. The molecule has 0 radical (unpaired) electrons. The average Bonchev–Trinajstić information content (AvgIpc) is 3.01. The first-order valence-corrected chi connectivity index (χ1v) is 9.27. The smallest absolute Gasteiger partial charge is 0.206 e.